The number of hydrogen-bond donors (Lipinski definition) is 1. The summed E-state index contributed by atoms with van der Waals surface area (Å²) in [5.74, 6) is 0.0637. The van der Waals surface area contributed by atoms with Crippen molar-refractivity contribution in [2.75, 3.05) is 12.8 Å². The molecule has 0 aromatic heterocycles. The van der Waals surface area contributed by atoms with Crippen molar-refractivity contribution in [3.63, 3.8) is 0 Å². The standard InChI is InChI=1S/C26H26ClFN2O2S/c1-29-26(32)24(15-19-7-3-2-4-8-19)30(16-21-9-5-6-10-23(21)27)25(31)18-33-17-20-11-13-22(28)14-12-20/h2-14,24H,15-18H2,1H3,(H,29,32). The van der Waals surface area contributed by atoms with Gasteiger partial charge in [0.15, 0.2) is 0 Å². The van der Waals surface area contributed by atoms with Crippen molar-refractivity contribution in [3.05, 3.63) is 106 Å². The van der Waals surface area contributed by atoms with Crippen LogP contribution in [0.1, 0.15) is 16.7 Å². The Morgan fingerprint density at radius 2 is 1.64 bits per heavy atom. The average molecular weight is 485 g/mol. The van der Waals surface area contributed by atoms with E-state index < -0.39 is 6.04 Å². The van der Waals surface area contributed by atoms with E-state index in [2.05, 4.69) is 5.32 Å². The van der Waals surface area contributed by atoms with Crippen LogP contribution in [0.15, 0.2) is 78.9 Å². The predicted octanol–water partition coefficient (Wildman–Crippen LogP) is 5.10. The van der Waals surface area contributed by atoms with Gasteiger partial charge in [0, 0.05) is 30.8 Å². The van der Waals surface area contributed by atoms with Crippen LogP contribution in [-0.4, -0.2) is 35.6 Å². The molecule has 0 heterocycles. The van der Waals surface area contributed by atoms with Gasteiger partial charge in [-0.15, -0.1) is 11.8 Å². The molecule has 2 amide bonds. The van der Waals surface area contributed by atoms with E-state index in [0.29, 0.717) is 17.2 Å². The van der Waals surface area contributed by atoms with Crippen LogP contribution in [0.4, 0.5) is 4.39 Å². The molecule has 1 unspecified atom stereocenters. The van der Waals surface area contributed by atoms with Gasteiger partial charge >= 0.3 is 0 Å². The van der Waals surface area contributed by atoms with Crippen LogP contribution in [0.2, 0.25) is 5.02 Å². The normalized spacial score (nSPS) is 11.6. The summed E-state index contributed by atoms with van der Waals surface area (Å²) >= 11 is 7.80. The van der Waals surface area contributed by atoms with E-state index in [0.717, 1.165) is 16.7 Å². The highest BCUT2D eigenvalue weighted by Gasteiger charge is 2.30. The van der Waals surface area contributed by atoms with E-state index in [4.69, 9.17) is 11.6 Å². The molecule has 0 aliphatic carbocycles. The van der Waals surface area contributed by atoms with Gasteiger partial charge in [0.05, 0.1) is 5.75 Å². The van der Waals surface area contributed by atoms with E-state index in [1.807, 2.05) is 48.5 Å². The topological polar surface area (TPSA) is 49.4 Å². The summed E-state index contributed by atoms with van der Waals surface area (Å²) in [6.45, 7) is 0.223. The minimum Gasteiger partial charge on any atom is -0.357 e. The lowest BCUT2D eigenvalue weighted by molar-refractivity contribution is -0.139. The first-order valence-corrected chi connectivity index (χ1v) is 12.1. The van der Waals surface area contributed by atoms with Crippen molar-refractivity contribution < 1.29 is 14.0 Å². The number of benzene rings is 3. The molecule has 0 saturated heterocycles. The van der Waals surface area contributed by atoms with Gasteiger partial charge in [-0.25, -0.2) is 4.39 Å². The maximum atomic E-state index is 13.4. The van der Waals surface area contributed by atoms with Crippen molar-refractivity contribution in [1.82, 2.24) is 10.2 Å². The lowest BCUT2D eigenvalue weighted by Crippen LogP contribution is -2.50. The summed E-state index contributed by atoms with van der Waals surface area (Å²) in [5, 5.41) is 3.25. The zero-order chi connectivity index (χ0) is 23.6. The molecule has 172 valence electrons. The van der Waals surface area contributed by atoms with Gasteiger partial charge in [0.2, 0.25) is 11.8 Å². The quantitative estimate of drug-likeness (QED) is 0.435. The van der Waals surface area contributed by atoms with Crippen molar-refractivity contribution >= 4 is 35.2 Å². The molecule has 33 heavy (non-hydrogen) atoms. The molecule has 0 aliphatic heterocycles. The van der Waals surface area contributed by atoms with Crippen LogP contribution >= 0.6 is 23.4 Å². The number of rotatable bonds is 10. The lowest BCUT2D eigenvalue weighted by Gasteiger charge is -2.31. The third-order valence-corrected chi connectivity index (χ3v) is 6.58. The summed E-state index contributed by atoms with van der Waals surface area (Å²) in [6, 6.07) is 22.5. The number of nitrogens with one attached hydrogen (secondary N) is 1. The van der Waals surface area contributed by atoms with Gasteiger partial charge in [-0.05, 0) is 34.9 Å². The fraction of sp³-hybridized carbons (Fsp3) is 0.231. The average Bonchev–Trinajstić information content (AvgIpc) is 2.83. The van der Waals surface area contributed by atoms with Crippen LogP contribution in [0, 0.1) is 5.82 Å². The number of nitrogens with zero attached hydrogens (tertiary/aromatic N) is 1. The molecule has 3 aromatic carbocycles. The maximum absolute atomic E-state index is 13.4. The van der Waals surface area contributed by atoms with Gasteiger partial charge in [-0.3, -0.25) is 9.59 Å². The summed E-state index contributed by atoms with van der Waals surface area (Å²) in [6.07, 6.45) is 0.388. The highest BCUT2D eigenvalue weighted by molar-refractivity contribution is 7.99. The van der Waals surface area contributed by atoms with E-state index in [9.17, 15) is 14.0 Å². The van der Waals surface area contributed by atoms with Crippen LogP contribution in [0.25, 0.3) is 0 Å². The van der Waals surface area contributed by atoms with Crippen molar-refractivity contribution in [3.8, 4) is 0 Å². The molecule has 3 rings (SSSR count). The Balaban J connectivity index is 1.81. The van der Waals surface area contributed by atoms with Gasteiger partial charge in [-0.1, -0.05) is 72.3 Å². The third-order valence-electron chi connectivity index (χ3n) is 5.22. The molecule has 0 saturated carbocycles. The summed E-state index contributed by atoms with van der Waals surface area (Å²) in [4.78, 5) is 27.9. The first-order chi connectivity index (χ1) is 16.0. The molecule has 1 N–H and O–H groups in total. The molecular weight excluding hydrogens is 459 g/mol. The van der Waals surface area contributed by atoms with Gasteiger partial charge < -0.3 is 10.2 Å². The Hall–Kier alpha value is -2.83. The van der Waals surface area contributed by atoms with E-state index in [1.165, 1.54) is 23.9 Å². The fourth-order valence-corrected chi connectivity index (χ4v) is 4.52. The summed E-state index contributed by atoms with van der Waals surface area (Å²) in [5.41, 5.74) is 2.67. The van der Waals surface area contributed by atoms with Crippen molar-refractivity contribution in [1.29, 1.82) is 0 Å². The summed E-state index contributed by atoms with van der Waals surface area (Å²) in [7, 11) is 1.57. The minimum absolute atomic E-state index is 0.161. The Labute approximate surface area is 203 Å². The zero-order valence-corrected chi connectivity index (χ0v) is 19.9. The minimum atomic E-state index is -0.687. The molecule has 7 heteroatoms. The first kappa shape index (κ1) is 24.8. The third kappa shape index (κ3) is 7.34. The number of likely N-dealkylation sites (N-methyl/N-ethyl adjacent to an activating group) is 1. The van der Waals surface area contributed by atoms with Gasteiger partial charge in [-0.2, -0.15) is 0 Å². The fourth-order valence-electron chi connectivity index (χ4n) is 3.45. The predicted molar refractivity (Wildman–Crippen MR) is 133 cm³/mol. The lowest BCUT2D eigenvalue weighted by atomic mass is 10.0. The number of halogens is 2. The number of thioether (sulfide) groups is 1. The molecule has 4 nitrogen and oxygen atoms in total. The van der Waals surface area contributed by atoms with E-state index >= 15 is 0 Å². The summed E-state index contributed by atoms with van der Waals surface area (Å²) < 4.78 is 13.1. The second kappa shape index (κ2) is 12.4. The monoisotopic (exact) mass is 484 g/mol. The van der Waals surface area contributed by atoms with Crippen LogP contribution in [-0.2, 0) is 28.3 Å². The molecule has 1 atom stereocenters. The van der Waals surface area contributed by atoms with Crippen LogP contribution in [0.3, 0.4) is 0 Å². The largest absolute Gasteiger partial charge is 0.357 e. The number of amides is 2. The highest BCUT2D eigenvalue weighted by Crippen LogP contribution is 2.22. The Bertz CT molecular complexity index is 1060. The Kier molecular flexibility index (Phi) is 9.34. The maximum Gasteiger partial charge on any atom is 0.242 e. The van der Waals surface area contributed by atoms with Crippen LogP contribution in [0.5, 0.6) is 0 Å². The zero-order valence-electron chi connectivity index (χ0n) is 18.3. The molecule has 0 bridgehead atoms. The Morgan fingerprint density at radius 3 is 2.30 bits per heavy atom. The number of hydrogen-bond acceptors (Lipinski definition) is 3. The van der Waals surface area contributed by atoms with E-state index in [1.54, 1.807) is 30.1 Å². The van der Waals surface area contributed by atoms with E-state index in [-0.39, 0.29) is 29.9 Å². The smallest absolute Gasteiger partial charge is 0.242 e. The SMILES string of the molecule is CNC(=O)C(Cc1ccccc1)N(Cc1ccccc1Cl)C(=O)CSCc1ccc(F)cc1. The van der Waals surface area contributed by atoms with Gasteiger partial charge in [0.1, 0.15) is 11.9 Å². The number of carbonyl (C=O) groups excluding carboxylic acids is 2. The molecule has 0 spiro atoms. The second-order valence-electron chi connectivity index (χ2n) is 7.55. The van der Waals surface area contributed by atoms with Crippen molar-refractivity contribution in [2.45, 2.75) is 24.8 Å². The van der Waals surface area contributed by atoms with Crippen LogP contribution < -0.4 is 5.32 Å². The molecule has 0 fully saturated rings. The molecule has 0 radical (unpaired) electrons. The van der Waals surface area contributed by atoms with Gasteiger partial charge in [0.25, 0.3) is 0 Å². The Morgan fingerprint density at radius 1 is 0.970 bits per heavy atom. The molecular formula is C26H26ClFN2O2S. The second-order valence-corrected chi connectivity index (χ2v) is 8.94. The first-order valence-electron chi connectivity index (χ1n) is 10.6. The number of carbonyl (C=O) groups is 2. The van der Waals surface area contributed by atoms with Crippen molar-refractivity contribution in [2.24, 2.45) is 0 Å². The molecule has 3 aromatic rings. The highest BCUT2D eigenvalue weighted by atomic mass is 35.5. The molecule has 0 aliphatic rings.